The fourth-order valence-corrected chi connectivity index (χ4v) is 1.39. The maximum absolute atomic E-state index is 8.87. The number of aliphatic hydroxyl groups is 2. The van der Waals surface area contributed by atoms with E-state index in [1.54, 1.807) is 24.0 Å². The van der Waals surface area contributed by atoms with Crippen molar-refractivity contribution in [3.63, 3.8) is 0 Å². The number of rotatable bonds is 5. The molecule has 0 unspecified atom stereocenters. The fraction of sp³-hybridized carbons (Fsp3) is 0.500. The Hall–Kier alpha value is -1.57. The van der Waals surface area contributed by atoms with Crippen molar-refractivity contribution in [2.75, 3.05) is 13.2 Å². The van der Waals surface area contributed by atoms with Gasteiger partial charge in [0.1, 0.15) is 24.2 Å². The Morgan fingerprint density at radius 2 is 2.12 bits per heavy atom. The van der Waals surface area contributed by atoms with E-state index < -0.39 is 6.10 Å². The smallest absolute Gasteiger partial charge is 0.181 e. The molecule has 0 atom stereocenters. The summed E-state index contributed by atoms with van der Waals surface area (Å²) in [5.74, 6) is 0.660. The number of hydrogen-bond donors (Lipinski definition) is 2. The predicted octanol–water partition coefficient (Wildman–Crippen LogP) is -0.538. The van der Waals surface area contributed by atoms with Gasteiger partial charge in [0, 0.05) is 0 Å². The second-order valence-electron chi connectivity index (χ2n) is 3.62. The first-order chi connectivity index (χ1) is 8.24. The summed E-state index contributed by atoms with van der Waals surface area (Å²) in [5, 5.41) is 17.7. The van der Waals surface area contributed by atoms with Crippen LogP contribution in [0.3, 0.4) is 0 Å². The number of aryl methyl sites for hydroxylation is 1. The Kier molecular flexibility index (Phi) is 3.62. The number of fused-ring (bicyclic) bond motifs is 1. The Balaban J connectivity index is 2.14. The highest BCUT2D eigenvalue weighted by molar-refractivity contribution is 5.69. The van der Waals surface area contributed by atoms with Crippen molar-refractivity contribution in [1.29, 1.82) is 0 Å². The Morgan fingerprint density at radius 1 is 1.35 bits per heavy atom. The standard InChI is InChI=1S/C10H14N4O3/c1-7-11-2-9-10(13-7)12-5-14(9)6-17-8(3-15)4-16/h2,5,8,15-16H,3-4,6H2,1H3. The van der Waals surface area contributed by atoms with Gasteiger partial charge < -0.3 is 19.5 Å². The van der Waals surface area contributed by atoms with Gasteiger partial charge in [0.15, 0.2) is 5.65 Å². The molecule has 17 heavy (non-hydrogen) atoms. The van der Waals surface area contributed by atoms with Gasteiger partial charge in [0.25, 0.3) is 0 Å². The van der Waals surface area contributed by atoms with Crippen molar-refractivity contribution in [2.24, 2.45) is 0 Å². The molecule has 0 aliphatic heterocycles. The van der Waals surface area contributed by atoms with Crippen LogP contribution in [0, 0.1) is 6.92 Å². The van der Waals surface area contributed by atoms with Gasteiger partial charge in [0.2, 0.25) is 0 Å². The molecular formula is C10H14N4O3. The summed E-state index contributed by atoms with van der Waals surface area (Å²) in [6.07, 6.45) is 2.67. The molecule has 92 valence electrons. The van der Waals surface area contributed by atoms with E-state index in [2.05, 4.69) is 15.0 Å². The summed E-state index contributed by atoms with van der Waals surface area (Å²) in [4.78, 5) is 12.4. The first kappa shape index (κ1) is 11.9. The Labute approximate surface area is 97.7 Å². The van der Waals surface area contributed by atoms with Crippen molar-refractivity contribution in [3.05, 3.63) is 18.3 Å². The van der Waals surface area contributed by atoms with Gasteiger partial charge in [-0.25, -0.2) is 15.0 Å². The third-order valence-corrected chi connectivity index (χ3v) is 2.36. The molecule has 0 saturated heterocycles. The highest BCUT2D eigenvalue weighted by atomic mass is 16.5. The molecule has 7 nitrogen and oxygen atoms in total. The summed E-state index contributed by atoms with van der Waals surface area (Å²) in [6, 6.07) is 0. The first-order valence-electron chi connectivity index (χ1n) is 5.22. The van der Waals surface area contributed by atoms with E-state index in [0.717, 1.165) is 5.52 Å². The lowest BCUT2D eigenvalue weighted by atomic mass is 10.4. The van der Waals surface area contributed by atoms with Crippen LogP contribution >= 0.6 is 0 Å². The Bertz CT molecular complexity index is 495. The monoisotopic (exact) mass is 238 g/mol. The van der Waals surface area contributed by atoms with E-state index >= 15 is 0 Å². The van der Waals surface area contributed by atoms with Gasteiger partial charge >= 0.3 is 0 Å². The van der Waals surface area contributed by atoms with Crippen molar-refractivity contribution in [1.82, 2.24) is 19.5 Å². The second kappa shape index (κ2) is 5.17. The predicted molar refractivity (Wildman–Crippen MR) is 59.1 cm³/mol. The zero-order chi connectivity index (χ0) is 12.3. The molecule has 0 aliphatic carbocycles. The molecule has 2 N–H and O–H groups in total. The van der Waals surface area contributed by atoms with E-state index in [9.17, 15) is 0 Å². The lowest BCUT2D eigenvalue weighted by Gasteiger charge is -2.12. The molecule has 2 aromatic rings. The van der Waals surface area contributed by atoms with Gasteiger partial charge in [-0.3, -0.25) is 0 Å². The van der Waals surface area contributed by atoms with E-state index in [1.807, 2.05) is 0 Å². The van der Waals surface area contributed by atoms with Crippen LogP contribution in [0.25, 0.3) is 11.2 Å². The average molecular weight is 238 g/mol. The minimum atomic E-state index is -0.584. The molecule has 0 amide bonds. The van der Waals surface area contributed by atoms with E-state index in [0.29, 0.717) is 11.5 Å². The van der Waals surface area contributed by atoms with Gasteiger partial charge in [-0.15, -0.1) is 0 Å². The SMILES string of the molecule is Cc1ncc2c(ncn2COC(CO)CO)n1. The summed E-state index contributed by atoms with van der Waals surface area (Å²) in [6.45, 7) is 1.54. The van der Waals surface area contributed by atoms with Crippen molar-refractivity contribution in [3.8, 4) is 0 Å². The van der Waals surface area contributed by atoms with Crippen LogP contribution in [0.4, 0.5) is 0 Å². The molecule has 0 radical (unpaired) electrons. The highest BCUT2D eigenvalue weighted by Crippen LogP contribution is 2.09. The Morgan fingerprint density at radius 3 is 2.82 bits per heavy atom. The van der Waals surface area contributed by atoms with E-state index in [-0.39, 0.29) is 19.9 Å². The van der Waals surface area contributed by atoms with Crippen molar-refractivity contribution in [2.45, 2.75) is 19.8 Å². The third-order valence-electron chi connectivity index (χ3n) is 2.36. The van der Waals surface area contributed by atoms with Gasteiger partial charge in [0.05, 0.1) is 25.7 Å². The average Bonchev–Trinajstić information content (AvgIpc) is 2.73. The summed E-state index contributed by atoms with van der Waals surface area (Å²) in [5.41, 5.74) is 1.36. The lowest BCUT2D eigenvalue weighted by Crippen LogP contribution is -2.23. The number of ether oxygens (including phenoxy) is 1. The number of imidazole rings is 1. The van der Waals surface area contributed by atoms with Crippen LogP contribution in [-0.4, -0.2) is 49.0 Å². The molecule has 0 bridgehead atoms. The maximum atomic E-state index is 8.87. The topological polar surface area (TPSA) is 93.3 Å². The third kappa shape index (κ3) is 2.57. The minimum Gasteiger partial charge on any atom is -0.394 e. The van der Waals surface area contributed by atoms with Crippen LogP contribution in [0.15, 0.2) is 12.5 Å². The summed E-state index contributed by atoms with van der Waals surface area (Å²) >= 11 is 0. The van der Waals surface area contributed by atoms with Crippen LogP contribution in [-0.2, 0) is 11.5 Å². The summed E-state index contributed by atoms with van der Waals surface area (Å²) < 4.78 is 7.01. The molecule has 0 spiro atoms. The van der Waals surface area contributed by atoms with Gasteiger partial charge in [-0.2, -0.15) is 0 Å². The molecule has 0 saturated carbocycles. The van der Waals surface area contributed by atoms with E-state index in [4.69, 9.17) is 14.9 Å². The second-order valence-corrected chi connectivity index (χ2v) is 3.62. The quantitative estimate of drug-likeness (QED) is 0.726. The van der Waals surface area contributed by atoms with Crippen LogP contribution < -0.4 is 0 Å². The van der Waals surface area contributed by atoms with Crippen LogP contribution in [0.1, 0.15) is 5.82 Å². The largest absolute Gasteiger partial charge is 0.394 e. The molecule has 2 heterocycles. The summed E-state index contributed by atoms with van der Waals surface area (Å²) in [7, 11) is 0. The van der Waals surface area contributed by atoms with Crippen molar-refractivity contribution >= 4 is 11.2 Å². The zero-order valence-corrected chi connectivity index (χ0v) is 9.44. The molecule has 0 aromatic carbocycles. The number of aromatic nitrogens is 4. The molecule has 0 aliphatic rings. The minimum absolute atomic E-state index is 0.189. The van der Waals surface area contributed by atoms with E-state index in [1.165, 1.54) is 0 Å². The van der Waals surface area contributed by atoms with Crippen LogP contribution in [0.5, 0.6) is 0 Å². The molecule has 2 rings (SSSR count). The molecule has 0 fully saturated rings. The molecule has 2 aromatic heterocycles. The zero-order valence-electron chi connectivity index (χ0n) is 9.44. The molecular weight excluding hydrogens is 224 g/mol. The first-order valence-corrected chi connectivity index (χ1v) is 5.22. The fourth-order valence-electron chi connectivity index (χ4n) is 1.39. The van der Waals surface area contributed by atoms with Crippen LogP contribution in [0.2, 0.25) is 0 Å². The maximum Gasteiger partial charge on any atom is 0.181 e. The number of nitrogens with zero attached hydrogens (tertiary/aromatic N) is 4. The van der Waals surface area contributed by atoms with Gasteiger partial charge in [-0.05, 0) is 6.92 Å². The normalized spacial score (nSPS) is 11.5. The van der Waals surface area contributed by atoms with Gasteiger partial charge in [-0.1, -0.05) is 0 Å². The molecule has 7 heteroatoms. The van der Waals surface area contributed by atoms with Crippen molar-refractivity contribution < 1.29 is 14.9 Å². The highest BCUT2D eigenvalue weighted by Gasteiger charge is 2.08. The number of hydrogen-bond acceptors (Lipinski definition) is 6. The lowest BCUT2D eigenvalue weighted by molar-refractivity contribution is -0.0487. The number of aliphatic hydroxyl groups excluding tert-OH is 2.